The van der Waals surface area contributed by atoms with Gasteiger partial charge in [-0.2, -0.15) is 5.10 Å². The molecule has 1 aliphatic heterocycles. The lowest BCUT2D eigenvalue weighted by Crippen LogP contribution is -2.25. The molecule has 142 valence electrons. The van der Waals surface area contributed by atoms with E-state index in [1.165, 1.54) is 22.6 Å². The predicted octanol–water partition coefficient (Wildman–Crippen LogP) is 4.83. The number of aromatic nitrogens is 1. The van der Waals surface area contributed by atoms with Crippen LogP contribution in [0.15, 0.2) is 70.8 Å². The molecular formula is C22H22N4OS. The van der Waals surface area contributed by atoms with Crippen LogP contribution in [0.25, 0.3) is 5.69 Å². The Kier molecular flexibility index (Phi) is 5.21. The van der Waals surface area contributed by atoms with E-state index < -0.39 is 0 Å². The highest BCUT2D eigenvalue weighted by molar-refractivity contribution is 8.14. The highest BCUT2D eigenvalue weighted by atomic mass is 32.2. The number of aliphatic imine (C=N–C) groups is 1. The fourth-order valence-electron chi connectivity index (χ4n) is 3.32. The number of thioether (sulfide) groups is 1. The van der Waals surface area contributed by atoms with Gasteiger partial charge in [-0.3, -0.25) is 5.43 Å². The van der Waals surface area contributed by atoms with Crippen LogP contribution in [0.2, 0.25) is 0 Å². The number of hydrazone groups is 1. The molecule has 2 heterocycles. The summed E-state index contributed by atoms with van der Waals surface area (Å²) in [6.07, 6.45) is 0. The van der Waals surface area contributed by atoms with Crippen molar-refractivity contribution in [3.05, 3.63) is 77.6 Å². The second-order valence-electron chi connectivity index (χ2n) is 6.53. The molecule has 4 rings (SSSR count). The number of benzene rings is 2. The number of amidine groups is 1. The molecule has 28 heavy (non-hydrogen) atoms. The number of nitrogens with one attached hydrogen (secondary N) is 1. The normalized spacial score (nSPS) is 15.2. The maximum atomic E-state index is 5.18. The first-order valence-electron chi connectivity index (χ1n) is 9.08. The quantitative estimate of drug-likeness (QED) is 0.694. The van der Waals surface area contributed by atoms with E-state index in [0.29, 0.717) is 0 Å². The van der Waals surface area contributed by atoms with Gasteiger partial charge in [-0.1, -0.05) is 30.0 Å². The molecule has 0 unspecified atom stereocenters. The fraction of sp³-hybridized carbons (Fsp3) is 0.182. The van der Waals surface area contributed by atoms with Crippen LogP contribution in [0.3, 0.4) is 0 Å². The Labute approximate surface area is 169 Å². The van der Waals surface area contributed by atoms with Crippen molar-refractivity contribution in [2.24, 2.45) is 10.1 Å². The Bertz CT molecular complexity index is 1040. The van der Waals surface area contributed by atoms with Gasteiger partial charge in [-0.25, -0.2) is 4.99 Å². The number of ether oxygens (including phenoxy) is 1. The zero-order valence-electron chi connectivity index (χ0n) is 16.1. The third-order valence-electron chi connectivity index (χ3n) is 4.69. The average molecular weight is 391 g/mol. The summed E-state index contributed by atoms with van der Waals surface area (Å²) >= 11 is 1.66. The minimum atomic E-state index is 0.779. The van der Waals surface area contributed by atoms with Gasteiger partial charge in [0.2, 0.25) is 0 Å². The van der Waals surface area contributed by atoms with Crippen LogP contribution in [0, 0.1) is 13.8 Å². The van der Waals surface area contributed by atoms with Crippen LogP contribution in [0.4, 0.5) is 5.69 Å². The maximum absolute atomic E-state index is 5.18. The molecule has 0 aliphatic carbocycles. The van der Waals surface area contributed by atoms with Crippen LogP contribution in [0.5, 0.6) is 5.75 Å². The van der Waals surface area contributed by atoms with E-state index in [1.54, 1.807) is 18.9 Å². The van der Waals surface area contributed by atoms with E-state index in [1.807, 2.05) is 30.3 Å². The number of methoxy groups -OCH3 is 1. The molecule has 6 heteroatoms. The lowest BCUT2D eigenvalue weighted by molar-refractivity contribution is 0.415. The highest BCUT2D eigenvalue weighted by Gasteiger charge is 2.19. The van der Waals surface area contributed by atoms with Gasteiger partial charge in [0.25, 0.3) is 0 Å². The van der Waals surface area contributed by atoms with E-state index in [9.17, 15) is 0 Å². The summed E-state index contributed by atoms with van der Waals surface area (Å²) in [6, 6.07) is 20.3. The smallest absolute Gasteiger partial charge is 0.182 e. The van der Waals surface area contributed by atoms with Crippen molar-refractivity contribution in [2.75, 3.05) is 12.9 Å². The second-order valence-corrected chi connectivity index (χ2v) is 7.49. The van der Waals surface area contributed by atoms with E-state index >= 15 is 0 Å². The SMILES string of the molecule is COc1ccc(N=C2NN=C(c3cc(C)n(-c4ccccc4)c3C)CS2)cc1. The number of nitrogens with zero attached hydrogens (tertiary/aromatic N) is 3. The number of rotatable bonds is 4. The molecule has 1 N–H and O–H groups in total. The van der Waals surface area contributed by atoms with Crippen molar-refractivity contribution in [2.45, 2.75) is 13.8 Å². The fourth-order valence-corrected chi connectivity index (χ4v) is 4.09. The van der Waals surface area contributed by atoms with Crippen molar-refractivity contribution in [1.82, 2.24) is 9.99 Å². The number of aryl methyl sites for hydroxylation is 1. The summed E-state index contributed by atoms with van der Waals surface area (Å²) in [7, 11) is 1.66. The monoisotopic (exact) mass is 390 g/mol. The van der Waals surface area contributed by atoms with Crippen molar-refractivity contribution >= 4 is 28.3 Å². The van der Waals surface area contributed by atoms with Crippen LogP contribution >= 0.6 is 11.8 Å². The summed E-state index contributed by atoms with van der Waals surface area (Å²) in [4.78, 5) is 4.62. The molecule has 0 atom stereocenters. The molecule has 1 aromatic heterocycles. The molecule has 0 radical (unpaired) electrons. The average Bonchev–Trinajstić information content (AvgIpc) is 3.04. The van der Waals surface area contributed by atoms with E-state index in [-0.39, 0.29) is 0 Å². The van der Waals surface area contributed by atoms with Gasteiger partial charge in [0.15, 0.2) is 5.17 Å². The Morgan fingerprint density at radius 3 is 2.46 bits per heavy atom. The van der Waals surface area contributed by atoms with E-state index in [0.717, 1.165) is 28.1 Å². The van der Waals surface area contributed by atoms with Crippen molar-refractivity contribution in [3.8, 4) is 11.4 Å². The van der Waals surface area contributed by atoms with Gasteiger partial charge < -0.3 is 9.30 Å². The first-order valence-corrected chi connectivity index (χ1v) is 10.1. The summed E-state index contributed by atoms with van der Waals surface area (Å²) in [6.45, 7) is 4.27. The first kappa shape index (κ1) is 18.4. The van der Waals surface area contributed by atoms with Crippen molar-refractivity contribution in [1.29, 1.82) is 0 Å². The van der Waals surface area contributed by atoms with Gasteiger partial charge >= 0.3 is 0 Å². The summed E-state index contributed by atoms with van der Waals surface area (Å²) in [5.41, 5.74) is 9.74. The van der Waals surface area contributed by atoms with Crippen LogP contribution in [0.1, 0.15) is 17.0 Å². The molecule has 0 bridgehead atoms. The lowest BCUT2D eigenvalue weighted by atomic mass is 10.1. The zero-order valence-corrected chi connectivity index (χ0v) is 17.0. The third-order valence-corrected chi connectivity index (χ3v) is 5.57. The van der Waals surface area contributed by atoms with Gasteiger partial charge in [0.1, 0.15) is 5.75 Å². The van der Waals surface area contributed by atoms with E-state index in [2.05, 4.69) is 64.3 Å². The summed E-state index contributed by atoms with van der Waals surface area (Å²) in [5.74, 6) is 1.60. The second kappa shape index (κ2) is 7.94. The molecular weight excluding hydrogens is 368 g/mol. The Hall–Kier alpha value is -2.99. The predicted molar refractivity (Wildman–Crippen MR) is 117 cm³/mol. The Balaban J connectivity index is 1.56. The molecule has 2 aromatic carbocycles. The zero-order chi connectivity index (χ0) is 19.5. The van der Waals surface area contributed by atoms with Crippen LogP contribution < -0.4 is 10.2 Å². The Morgan fingerprint density at radius 1 is 1.07 bits per heavy atom. The van der Waals surface area contributed by atoms with Crippen LogP contribution in [-0.2, 0) is 0 Å². The molecule has 5 nitrogen and oxygen atoms in total. The maximum Gasteiger partial charge on any atom is 0.182 e. The standard InChI is InChI=1S/C22H22N4OS/c1-15-13-20(16(2)26(15)18-7-5-4-6-8-18)21-14-28-22(25-24-21)23-17-9-11-19(27-3)12-10-17/h4-13H,14H2,1-3H3,(H,23,25). The molecule has 0 saturated carbocycles. The minimum absolute atomic E-state index is 0.779. The largest absolute Gasteiger partial charge is 0.497 e. The lowest BCUT2D eigenvalue weighted by Gasteiger charge is -2.15. The number of para-hydroxylation sites is 1. The third kappa shape index (κ3) is 3.68. The van der Waals surface area contributed by atoms with Gasteiger partial charge in [-0.05, 0) is 56.3 Å². The highest BCUT2D eigenvalue weighted by Crippen LogP contribution is 2.25. The van der Waals surface area contributed by atoms with Gasteiger partial charge in [-0.15, -0.1) is 0 Å². The Morgan fingerprint density at radius 2 is 1.82 bits per heavy atom. The minimum Gasteiger partial charge on any atom is -0.497 e. The number of hydrogen-bond acceptors (Lipinski definition) is 4. The van der Waals surface area contributed by atoms with Crippen molar-refractivity contribution < 1.29 is 4.74 Å². The molecule has 3 aromatic rings. The molecule has 0 spiro atoms. The van der Waals surface area contributed by atoms with E-state index in [4.69, 9.17) is 4.74 Å². The molecule has 1 aliphatic rings. The summed E-state index contributed by atoms with van der Waals surface area (Å²) in [5, 5.41) is 5.39. The number of hydrogen-bond donors (Lipinski definition) is 1. The topological polar surface area (TPSA) is 50.9 Å². The van der Waals surface area contributed by atoms with Gasteiger partial charge in [0, 0.05) is 28.4 Å². The first-order chi connectivity index (χ1) is 13.7. The van der Waals surface area contributed by atoms with Gasteiger partial charge in [0.05, 0.1) is 18.5 Å². The van der Waals surface area contributed by atoms with Crippen LogP contribution in [-0.4, -0.2) is 28.3 Å². The van der Waals surface area contributed by atoms with Crippen molar-refractivity contribution in [3.63, 3.8) is 0 Å². The molecule has 0 saturated heterocycles. The molecule has 0 amide bonds. The molecule has 0 fully saturated rings. The summed E-state index contributed by atoms with van der Waals surface area (Å²) < 4.78 is 7.45.